The summed E-state index contributed by atoms with van der Waals surface area (Å²) in [6.07, 6.45) is -0.893. The molecule has 1 aliphatic rings. The van der Waals surface area contributed by atoms with Gasteiger partial charge in [-0.2, -0.15) is 13.2 Å². The first kappa shape index (κ1) is 17.5. The van der Waals surface area contributed by atoms with Crippen molar-refractivity contribution in [2.24, 2.45) is 0 Å². The molecule has 1 aliphatic heterocycles. The van der Waals surface area contributed by atoms with E-state index in [0.29, 0.717) is 19.6 Å². The lowest BCUT2D eigenvalue weighted by Crippen LogP contribution is -2.45. The minimum atomic E-state index is -4.76. The zero-order valence-corrected chi connectivity index (χ0v) is 12.8. The molecule has 1 fully saturated rings. The standard InChI is InChI=1S/C14H19F3N4O2/c1-23-7-5-9-4-2-3-6-21(9)12(22)10-8-19-13(18)20-11(10)14(15,16)17/h8-9H,2-7H2,1H3,(H2,18,19,20). The van der Waals surface area contributed by atoms with E-state index < -0.39 is 29.3 Å². The number of halogens is 3. The average Bonchev–Trinajstić information content (AvgIpc) is 2.51. The minimum absolute atomic E-state index is 0.144. The lowest BCUT2D eigenvalue weighted by molar-refractivity contribution is -0.141. The zero-order chi connectivity index (χ0) is 17.0. The molecule has 0 saturated carbocycles. The van der Waals surface area contributed by atoms with Crippen molar-refractivity contribution in [2.75, 3.05) is 26.0 Å². The molecule has 0 aliphatic carbocycles. The third kappa shape index (κ3) is 4.10. The van der Waals surface area contributed by atoms with Crippen LogP contribution in [0.2, 0.25) is 0 Å². The van der Waals surface area contributed by atoms with Crippen LogP contribution in [0.25, 0.3) is 0 Å². The summed E-state index contributed by atoms with van der Waals surface area (Å²) in [6, 6.07) is -0.144. The fourth-order valence-corrected chi connectivity index (χ4v) is 2.74. The van der Waals surface area contributed by atoms with E-state index in [1.165, 1.54) is 4.90 Å². The molecule has 2 rings (SSSR count). The molecule has 6 nitrogen and oxygen atoms in total. The Morgan fingerprint density at radius 1 is 1.48 bits per heavy atom. The van der Waals surface area contributed by atoms with Gasteiger partial charge in [-0.1, -0.05) is 0 Å². The van der Waals surface area contributed by atoms with Crippen molar-refractivity contribution in [1.29, 1.82) is 0 Å². The molecular formula is C14H19F3N4O2. The molecule has 0 spiro atoms. The van der Waals surface area contributed by atoms with Crippen LogP contribution in [0, 0.1) is 0 Å². The van der Waals surface area contributed by atoms with Crippen LogP contribution in [0.5, 0.6) is 0 Å². The van der Waals surface area contributed by atoms with Gasteiger partial charge in [0.1, 0.15) is 0 Å². The van der Waals surface area contributed by atoms with E-state index in [1.54, 1.807) is 7.11 Å². The summed E-state index contributed by atoms with van der Waals surface area (Å²) in [5.41, 5.74) is 3.39. The SMILES string of the molecule is COCCC1CCCCN1C(=O)c1cnc(N)nc1C(F)(F)F. The lowest BCUT2D eigenvalue weighted by Gasteiger charge is -2.36. The van der Waals surface area contributed by atoms with E-state index in [0.717, 1.165) is 25.5 Å². The van der Waals surface area contributed by atoms with Crippen LogP contribution in [0.3, 0.4) is 0 Å². The predicted molar refractivity (Wildman–Crippen MR) is 76.6 cm³/mol. The second-order valence-electron chi connectivity index (χ2n) is 5.42. The number of hydrogen-bond donors (Lipinski definition) is 1. The minimum Gasteiger partial charge on any atom is -0.385 e. The maximum atomic E-state index is 13.1. The van der Waals surface area contributed by atoms with Gasteiger partial charge in [0.15, 0.2) is 5.69 Å². The van der Waals surface area contributed by atoms with Crippen molar-refractivity contribution in [3.8, 4) is 0 Å². The number of anilines is 1. The smallest absolute Gasteiger partial charge is 0.385 e. The van der Waals surface area contributed by atoms with Crippen LogP contribution in [0.15, 0.2) is 6.20 Å². The number of methoxy groups -OCH3 is 1. The van der Waals surface area contributed by atoms with Gasteiger partial charge in [-0.15, -0.1) is 0 Å². The summed E-state index contributed by atoms with van der Waals surface area (Å²) in [6.45, 7) is 0.855. The topological polar surface area (TPSA) is 81.3 Å². The van der Waals surface area contributed by atoms with Gasteiger partial charge in [-0.25, -0.2) is 9.97 Å². The molecule has 2 N–H and O–H groups in total. The van der Waals surface area contributed by atoms with Gasteiger partial charge in [0.2, 0.25) is 5.95 Å². The second-order valence-corrected chi connectivity index (χ2v) is 5.42. The van der Waals surface area contributed by atoms with Gasteiger partial charge >= 0.3 is 6.18 Å². The number of likely N-dealkylation sites (tertiary alicyclic amines) is 1. The first-order valence-electron chi connectivity index (χ1n) is 7.34. The average molecular weight is 332 g/mol. The highest BCUT2D eigenvalue weighted by Crippen LogP contribution is 2.32. The predicted octanol–water partition coefficient (Wildman–Crippen LogP) is 2.11. The number of carbonyl (C=O) groups excluding carboxylic acids is 1. The number of ether oxygens (including phenoxy) is 1. The van der Waals surface area contributed by atoms with Crippen molar-refractivity contribution >= 4 is 11.9 Å². The summed E-state index contributed by atoms with van der Waals surface area (Å²) >= 11 is 0. The van der Waals surface area contributed by atoms with E-state index >= 15 is 0 Å². The summed E-state index contributed by atoms with van der Waals surface area (Å²) in [5, 5.41) is 0. The third-order valence-electron chi connectivity index (χ3n) is 3.85. The van der Waals surface area contributed by atoms with Gasteiger partial charge in [0.25, 0.3) is 5.91 Å². The number of aromatic nitrogens is 2. The van der Waals surface area contributed by atoms with Gasteiger partial charge in [0, 0.05) is 32.5 Å². The molecular weight excluding hydrogens is 313 g/mol. The van der Waals surface area contributed by atoms with Gasteiger partial charge < -0.3 is 15.4 Å². The Kier molecular flexibility index (Phi) is 5.40. The van der Waals surface area contributed by atoms with Crippen molar-refractivity contribution in [3.63, 3.8) is 0 Å². The molecule has 9 heteroatoms. The molecule has 0 aromatic carbocycles. The number of nitrogen functional groups attached to an aromatic ring is 1. The van der Waals surface area contributed by atoms with Crippen molar-refractivity contribution in [3.05, 3.63) is 17.5 Å². The third-order valence-corrected chi connectivity index (χ3v) is 3.85. The quantitative estimate of drug-likeness (QED) is 0.913. The molecule has 1 amide bonds. The number of hydrogen-bond acceptors (Lipinski definition) is 5. The van der Waals surface area contributed by atoms with Gasteiger partial charge in [0.05, 0.1) is 5.56 Å². The molecule has 0 bridgehead atoms. The van der Waals surface area contributed by atoms with E-state index in [9.17, 15) is 18.0 Å². The Morgan fingerprint density at radius 3 is 2.87 bits per heavy atom. The van der Waals surface area contributed by atoms with Crippen LogP contribution in [-0.4, -0.2) is 47.1 Å². The summed E-state index contributed by atoms with van der Waals surface area (Å²) in [4.78, 5) is 20.8. The Morgan fingerprint density at radius 2 is 2.22 bits per heavy atom. The number of nitrogens with zero attached hydrogens (tertiary/aromatic N) is 3. The number of amides is 1. The zero-order valence-electron chi connectivity index (χ0n) is 12.8. The maximum absolute atomic E-state index is 13.1. The first-order valence-corrected chi connectivity index (χ1v) is 7.34. The Hall–Kier alpha value is -1.90. The van der Waals surface area contributed by atoms with Crippen molar-refractivity contribution in [2.45, 2.75) is 37.9 Å². The van der Waals surface area contributed by atoms with Crippen LogP contribution < -0.4 is 5.73 Å². The molecule has 1 unspecified atom stereocenters. The molecule has 1 saturated heterocycles. The van der Waals surface area contributed by atoms with Crippen LogP contribution in [0.1, 0.15) is 41.7 Å². The molecule has 128 valence electrons. The number of rotatable bonds is 4. The largest absolute Gasteiger partial charge is 0.434 e. The fraction of sp³-hybridized carbons (Fsp3) is 0.643. The van der Waals surface area contributed by atoms with Crippen LogP contribution in [-0.2, 0) is 10.9 Å². The highest BCUT2D eigenvalue weighted by Gasteiger charge is 2.40. The Bertz CT molecular complexity index is 565. The van der Waals surface area contributed by atoms with E-state index in [4.69, 9.17) is 10.5 Å². The number of piperidine rings is 1. The van der Waals surface area contributed by atoms with Crippen molar-refractivity contribution in [1.82, 2.24) is 14.9 Å². The first-order chi connectivity index (χ1) is 10.8. The van der Waals surface area contributed by atoms with E-state index in [-0.39, 0.29) is 6.04 Å². The number of nitrogens with two attached hydrogens (primary N) is 1. The Labute approximate surface area is 131 Å². The summed E-state index contributed by atoms with van der Waals surface area (Å²) in [7, 11) is 1.55. The lowest BCUT2D eigenvalue weighted by atomic mass is 9.98. The van der Waals surface area contributed by atoms with Crippen LogP contribution in [0.4, 0.5) is 19.1 Å². The Balaban J connectivity index is 2.31. The molecule has 2 heterocycles. The number of alkyl halides is 3. The van der Waals surface area contributed by atoms with Gasteiger partial charge in [-0.3, -0.25) is 4.79 Å². The summed E-state index contributed by atoms with van der Waals surface area (Å²) < 4.78 is 44.4. The molecule has 1 aromatic rings. The molecule has 1 aromatic heterocycles. The fourth-order valence-electron chi connectivity index (χ4n) is 2.74. The van der Waals surface area contributed by atoms with Gasteiger partial charge in [-0.05, 0) is 25.7 Å². The van der Waals surface area contributed by atoms with E-state index in [1.807, 2.05) is 0 Å². The van der Waals surface area contributed by atoms with E-state index in [2.05, 4.69) is 9.97 Å². The normalized spacial score (nSPS) is 19.0. The molecule has 0 radical (unpaired) electrons. The number of carbonyl (C=O) groups is 1. The highest BCUT2D eigenvalue weighted by molar-refractivity contribution is 5.95. The summed E-state index contributed by atoms with van der Waals surface area (Å²) in [5.74, 6) is -1.22. The monoisotopic (exact) mass is 332 g/mol. The van der Waals surface area contributed by atoms with Crippen LogP contribution >= 0.6 is 0 Å². The second kappa shape index (κ2) is 7.12. The van der Waals surface area contributed by atoms with Crippen molar-refractivity contribution < 1.29 is 22.7 Å². The molecule has 1 atom stereocenters. The molecule has 23 heavy (non-hydrogen) atoms. The maximum Gasteiger partial charge on any atom is 0.434 e. The highest BCUT2D eigenvalue weighted by atomic mass is 19.4.